The summed E-state index contributed by atoms with van der Waals surface area (Å²) >= 11 is 0. The molecule has 0 aromatic heterocycles. The van der Waals surface area contributed by atoms with Crippen LogP contribution < -0.4 is 0 Å². The number of hydrogen-bond acceptors (Lipinski definition) is 4. The maximum Gasteiger partial charge on any atom is 0.183 e. The predicted molar refractivity (Wildman–Crippen MR) is 47.3 cm³/mol. The van der Waals surface area contributed by atoms with Crippen LogP contribution >= 0.6 is 0 Å². The molecule has 0 radical (unpaired) electrons. The molecule has 4 nitrogen and oxygen atoms in total. The largest absolute Gasteiger partial charge is 0.387 e. The average molecular weight is 190 g/mol. The SMILES string of the molecule is CCOC[C@H]1O[C@H](OC)[C@H](O)[C@@H]1C. The molecule has 1 N–H and O–H groups in total. The molecule has 1 saturated heterocycles. The summed E-state index contributed by atoms with van der Waals surface area (Å²) in [6, 6.07) is 0. The molecule has 1 heterocycles. The number of methoxy groups -OCH3 is 1. The minimum Gasteiger partial charge on any atom is -0.387 e. The summed E-state index contributed by atoms with van der Waals surface area (Å²) in [6.45, 7) is 5.06. The Morgan fingerprint density at radius 2 is 2.15 bits per heavy atom. The van der Waals surface area contributed by atoms with Crippen LogP contribution in [-0.2, 0) is 14.2 Å². The smallest absolute Gasteiger partial charge is 0.183 e. The fraction of sp³-hybridized carbons (Fsp3) is 1.00. The Balaban J connectivity index is 2.40. The molecule has 0 unspecified atom stereocenters. The van der Waals surface area contributed by atoms with Gasteiger partial charge in [0.1, 0.15) is 6.10 Å². The highest BCUT2D eigenvalue weighted by atomic mass is 16.7. The van der Waals surface area contributed by atoms with E-state index in [1.54, 1.807) is 0 Å². The van der Waals surface area contributed by atoms with Gasteiger partial charge in [-0.2, -0.15) is 0 Å². The first-order chi connectivity index (χ1) is 6.20. The fourth-order valence-corrected chi connectivity index (χ4v) is 1.46. The Labute approximate surface area is 78.8 Å². The highest BCUT2D eigenvalue weighted by molar-refractivity contribution is 4.83. The second-order valence-electron chi connectivity index (χ2n) is 3.29. The summed E-state index contributed by atoms with van der Waals surface area (Å²) in [6.07, 6.45) is -1.10. The van der Waals surface area contributed by atoms with Gasteiger partial charge < -0.3 is 19.3 Å². The first-order valence-electron chi connectivity index (χ1n) is 4.64. The number of ether oxygens (including phenoxy) is 3. The maximum atomic E-state index is 9.62. The van der Waals surface area contributed by atoms with Crippen molar-refractivity contribution in [3.05, 3.63) is 0 Å². The Bertz CT molecular complexity index is 151. The Hall–Kier alpha value is -0.160. The zero-order valence-corrected chi connectivity index (χ0v) is 8.40. The quantitative estimate of drug-likeness (QED) is 0.696. The molecule has 4 heteroatoms. The molecule has 0 spiro atoms. The topological polar surface area (TPSA) is 47.9 Å². The van der Waals surface area contributed by atoms with Gasteiger partial charge in [0.2, 0.25) is 0 Å². The van der Waals surface area contributed by atoms with Crippen molar-refractivity contribution in [3.8, 4) is 0 Å². The number of aliphatic hydroxyl groups is 1. The lowest BCUT2D eigenvalue weighted by Gasteiger charge is -2.14. The van der Waals surface area contributed by atoms with Crippen LogP contribution in [0.1, 0.15) is 13.8 Å². The number of aliphatic hydroxyl groups excluding tert-OH is 1. The van der Waals surface area contributed by atoms with Crippen LogP contribution in [0.4, 0.5) is 0 Å². The van der Waals surface area contributed by atoms with Crippen LogP contribution in [0.3, 0.4) is 0 Å². The molecule has 1 rings (SSSR count). The lowest BCUT2D eigenvalue weighted by Crippen LogP contribution is -2.27. The van der Waals surface area contributed by atoms with Gasteiger partial charge in [-0.1, -0.05) is 6.92 Å². The van der Waals surface area contributed by atoms with Crippen LogP contribution in [0.25, 0.3) is 0 Å². The Morgan fingerprint density at radius 3 is 2.62 bits per heavy atom. The monoisotopic (exact) mass is 190 g/mol. The molecule has 0 aliphatic carbocycles. The van der Waals surface area contributed by atoms with Gasteiger partial charge in [0.25, 0.3) is 0 Å². The first kappa shape index (κ1) is 10.9. The van der Waals surface area contributed by atoms with Gasteiger partial charge in [-0.25, -0.2) is 0 Å². The summed E-state index contributed by atoms with van der Waals surface area (Å²) < 4.78 is 15.7. The maximum absolute atomic E-state index is 9.62. The fourth-order valence-electron chi connectivity index (χ4n) is 1.46. The van der Waals surface area contributed by atoms with Gasteiger partial charge in [0.05, 0.1) is 12.7 Å². The van der Waals surface area contributed by atoms with E-state index in [9.17, 15) is 5.11 Å². The van der Waals surface area contributed by atoms with E-state index in [2.05, 4.69) is 0 Å². The molecular formula is C9H18O4. The summed E-state index contributed by atoms with van der Waals surface area (Å²) in [5.41, 5.74) is 0. The molecule has 4 atom stereocenters. The van der Waals surface area contributed by atoms with Gasteiger partial charge in [-0.3, -0.25) is 0 Å². The molecule has 1 aliphatic heterocycles. The Kier molecular flexibility index (Phi) is 4.12. The minimum absolute atomic E-state index is 0.0556. The highest BCUT2D eigenvalue weighted by Crippen LogP contribution is 2.27. The highest BCUT2D eigenvalue weighted by Gasteiger charge is 2.40. The van der Waals surface area contributed by atoms with E-state index >= 15 is 0 Å². The van der Waals surface area contributed by atoms with Crippen molar-refractivity contribution in [1.82, 2.24) is 0 Å². The van der Waals surface area contributed by atoms with Crippen LogP contribution in [0.2, 0.25) is 0 Å². The zero-order valence-electron chi connectivity index (χ0n) is 8.40. The number of rotatable bonds is 4. The van der Waals surface area contributed by atoms with E-state index in [0.29, 0.717) is 13.2 Å². The molecule has 78 valence electrons. The predicted octanol–water partition coefficient (Wildman–Crippen LogP) is 0.391. The van der Waals surface area contributed by atoms with Crippen LogP contribution in [0, 0.1) is 5.92 Å². The normalized spacial score (nSPS) is 39.7. The molecule has 0 amide bonds. The summed E-state index contributed by atoms with van der Waals surface area (Å²) in [7, 11) is 1.53. The van der Waals surface area contributed by atoms with Gasteiger partial charge >= 0.3 is 0 Å². The molecule has 1 aliphatic rings. The molecule has 0 aromatic carbocycles. The summed E-state index contributed by atoms with van der Waals surface area (Å²) in [5, 5.41) is 9.62. The van der Waals surface area contributed by atoms with Crippen molar-refractivity contribution in [1.29, 1.82) is 0 Å². The molecule has 0 saturated carbocycles. The van der Waals surface area contributed by atoms with E-state index in [1.165, 1.54) is 7.11 Å². The van der Waals surface area contributed by atoms with E-state index in [0.717, 1.165) is 0 Å². The third kappa shape index (κ3) is 2.40. The molecule has 0 aromatic rings. The third-order valence-electron chi connectivity index (χ3n) is 2.43. The van der Waals surface area contributed by atoms with Crippen LogP contribution in [0.5, 0.6) is 0 Å². The van der Waals surface area contributed by atoms with Gasteiger partial charge in [0, 0.05) is 19.6 Å². The Morgan fingerprint density at radius 1 is 1.46 bits per heavy atom. The van der Waals surface area contributed by atoms with E-state index in [-0.39, 0.29) is 12.0 Å². The second-order valence-corrected chi connectivity index (χ2v) is 3.29. The van der Waals surface area contributed by atoms with Gasteiger partial charge in [-0.05, 0) is 6.92 Å². The molecule has 1 fully saturated rings. The van der Waals surface area contributed by atoms with Crippen molar-refractivity contribution in [3.63, 3.8) is 0 Å². The summed E-state index contributed by atoms with van der Waals surface area (Å²) in [4.78, 5) is 0. The van der Waals surface area contributed by atoms with Gasteiger partial charge in [-0.15, -0.1) is 0 Å². The van der Waals surface area contributed by atoms with E-state index in [1.807, 2.05) is 13.8 Å². The lowest BCUT2D eigenvalue weighted by atomic mass is 10.0. The lowest BCUT2D eigenvalue weighted by molar-refractivity contribution is -0.155. The van der Waals surface area contributed by atoms with Crippen molar-refractivity contribution in [2.24, 2.45) is 5.92 Å². The second kappa shape index (κ2) is 4.91. The van der Waals surface area contributed by atoms with E-state index in [4.69, 9.17) is 14.2 Å². The van der Waals surface area contributed by atoms with Crippen molar-refractivity contribution in [2.75, 3.05) is 20.3 Å². The standard InChI is InChI=1S/C9H18O4/c1-4-12-5-7-6(2)8(10)9(11-3)13-7/h6-10H,4-5H2,1-3H3/t6-,7-,8-,9+/m1/s1. The minimum atomic E-state index is -0.546. The number of hydrogen-bond donors (Lipinski definition) is 1. The van der Waals surface area contributed by atoms with Crippen molar-refractivity contribution < 1.29 is 19.3 Å². The van der Waals surface area contributed by atoms with Crippen molar-refractivity contribution in [2.45, 2.75) is 32.3 Å². The third-order valence-corrected chi connectivity index (χ3v) is 2.43. The average Bonchev–Trinajstić information content (AvgIpc) is 2.41. The zero-order chi connectivity index (χ0) is 9.84. The van der Waals surface area contributed by atoms with Crippen LogP contribution in [0.15, 0.2) is 0 Å². The molecule has 0 bridgehead atoms. The molecule has 13 heavy (non-hydrogen) atoms. The molecular weight excluding hydrogens is 172 g/mol. The van der Waals surface area contributed by atoms with Crippen molar-refractivity contribution >= 4 is 0 Å². The first-order valence-corrected chi connectivity index (χ1v) is 4.64. The van der Waals surface area contributed by atoms with E-state index < -0.39 is 12.4 Å². The van der Waals surface area contributed by atoms with Gasteiger partial charge in [0.15, 0.2) is 6.29 Å². The van der Waals surface area contributed by atoms with Crippen LogP contribution in [-0.4, -0.2) is 43.9 Å². The summed E-state index contributed by atoms with van der Waals surface area (Å²) in [5.74, 6) is 0.0662.